The van der Waals surface area contributed by atoms with E-state index in [0.29, 0.717) is 17.0 Å². The summed E-state index contributed by atoms with van der Waals surface area (Å²) in [6.45, 7) is 0. The largest absolute Gasteiger partial charge is 0.296 e. The fraction of sp³-hybridized carbons (Fsp3) is 0. The third-order valence-electron chi connectivity index (χ3n) is 0.868. The highest BCUT2D eigenvalue weighted by Gasteiger charge is 1.95. The molecule has 4 heteroatoms. The molecule has 11 heavy (non-hydrogen) atoms. The molecule has 0 saturated heterocycles. The van der Waals surface area contributed by atoms with Crippen LogP contribution in [0.3, 0.4) is 0 Å². The quantitative estimate of drug-likeness (QED) is 0.454. The van der Waals surface area contributed by atoms with Crippen LogP contribution in [-0.2, 0) is 0 Å². The van der Waals surface area contributed by atoms with Crippen LogP contribution < -0.4 is 0 Å². The zero-order chi connectivity index (χ0) is 8.10. The van der Waals surface area contributed by atoms with Crippen LogP contribution in [0.4, 0.5) is 0 Å². The van der Waals surface area contributed by atoms with Crippen molar-refractivity contribution in [3.8, 4) is 17.9 Å². The van der Waals surface area contributed by atoms with Gasteiger partial charge >= 0.3 is 0 Å². The van der Waals surface area contributed by atoms with Gasteiger partial charge in [-0.25, -0.2) is 4.98 Å². The van der Waals surface area contributed by atoms with Crippen LogP contribution in [-0.4, -0.2) is 11.3 Å². The van der Waals surface area contributed by atoms with Gasteiger partial charge in [0, 0.05) is 11.3 Å². The molecule has 0 aliphatic carbocycles. The van der Waals surface area contributed by atoms with Gasteiger partial charge in [-0.05, 0) is 5.92 Å². The summed E-state index contributed by atoms with van der Waals surface area (Å²) in [5, 5.41) is 10.2. The lowest BCUT2D eigenvalue weighted by Crippen LogP contribution is -1.77. The Bertz CT molecular complexity index is 364. The summed E-state index contributed by atoms with van der Waals surface area (Å²) in [4.78, 5) is 13.9. The minimum Gasteiger partial charge on any atom is -0.296 e. The molecule has 1 rings (SSSR count). The first kappa shape index (κ1) is 7.46. The van der Waals surface area contributed by atoms with Crippen LogP contribution in [0.25, 0.3) is 0 Å². The summed E-state index contributed by atoms with van der Waals surface area (Å²) in [6, 6.07) is 1.66. The first-order valence-electron chi connectivity index (χ1n) is 2.67. The van der Waals surface area contributed by atoms with Crippen LogP contribution in [0, 0.1) is 23.2 Å². The van der Waals surface area contributed by atoms with Gasteiger partial charge in [-0.3, -0.25) is 4.79 Å². The number of carbonyl (C=O) groups is 1. The molecule has 0 spiro atoms. The summed E-state index contributed by atoms with van der Waals surface area (Å²) in [5.74, 6) is 4.68. The van der Waals surface area contributed by atoms with Crippen molar-refractivity contribution in [2.45, 2.75) is 0 Å². The van der Waals surface area contributed by atoms with Gasteiger partial charge in [0.05, 0.1) is 0 Å². The Kier molecular flexibility index (Phi) is 2.37. The zero-order valence-electron chi connectivity index (χ0n) is 5.37. The molecule has 1 heterocycles. The maximum Gasteiger partial charge on any atom is 0.169 e. The lowest BCUT2D eigenvalue weighted by Gasteiger charge is -1.71. The van der Waals surface area contributed by atoms with Crippen molar-refractivity contribution in [1.29, 1.82) is 5.26 Å². The molecule has 0 bridgehead atoms. The number of hydrogen-bond acceptors (Lipinski definition) is 4. The van der Waals surface area contributed by atoms with Crippen LogP contribution in [0.2, 0.25) is 0 Å². The van der Waals surface area contributed by atoms with Crippen LogP contribution in [0.15, 0.2) is 5.38 Å². The Hall–Kier alpha value is -1.65. The number of nitrogens with zero attached hydrogens (tertiary/aromatic N) is 2. The molecule has 0 radical (unpaired) electrons. The standard InChI is InChI=1S/C7H2N2OS/c8-3-1-2-7-9-6(4-10)5-11-7/h4-5H. The fourth-order valence-electron chi connectivity index (χ4n) is 0.479. The number of thiazole rings is 1. The molecular weight excluding hydrogens is 160 g/mol. The highest BCUT2D eigenvalue weighted by Crippen LogP contribution is 2.05. The molecule has 0 atom stereocenters. The Morgan fingerprint density at radius 2 is 2.55 bits per heavy atom. The van der Waals surface area contributed by atoms with E-state index in [4.69, 9.17) is 5.26 Å². The number of hydrogen-bond donors (Lipinski definition) is 0. The normalized spacial score (nSPS) is 7.55. The van der Waals surface area contributed by atoms with E-state index in [0.717, 1.165) is 0 Å². The average molecular weight is 162 g/mol. The highest BCUT2D eigenvalue weighted by atomic mass is 32.1. The highest BCUT2D eigenvalue weighted by molar-refractivity contribution is 7.10. The molecule has 52 valence electrons. The summed E-state index contributed by atoms with van der Waals surface area (Å²) in [7, 11) is 0. The van der Waals surface area contributed by atoms with Crippen LogP contribution in [0.1, 0.15) is 15.5 Å². The predicted molar refractivity (Wildman–Crippen MR) is 40.0 cm³/mol. The van der Waals surface area contributed by atoms with Crippen molar-refractivity contribution in [1.82, 2.24) is 4.98 Å². The monoisotopic (exact) mass is 162 g/mol. The van der Waals surface area contributed by atoms with Gasteiger partial charge in [-0.2, -0.15) is 5.26 Å². The molecule has 0 N–H and O–H groups in total. The lowest BCUT2D eigenvalue weighted by atomic mass is 10.5. The van der Waals surface area contributed by atoms with E-state index >= 15 is 0 Å². The Labute approximate surface area is 67.3 Å². The van der Waals surface area contributed by atoms with Gasteiger partial charge in [0.15, 0.2) is 17.4 Å². The van der Waals surface area contributed by atoms with Gasteiger partial charge in [0.1, 0.15) is 5.69 Å². The fourth-order valence-corrected chi connectivity index (χ4v) is 1.09. The third kappa shape index (κ3) is 1.89. The Morgan fingerprint density at radius 3 is 3.09 bits per heavy atom. The van der Waals surface area contributed by atoms with E-state index in [1.165, 1.54) is 11.3 Å². The van der Waals surface area contributed by atoms with Crippen molar-refractivity contribution < 1.29 is 4.79 Å². The SMILES string of the molecule is N#CC#Cc1nc(C=O)cs1. The minimum atomic E-state index is 0.359. The number of carbonyl (C=O) groups excluding carboxylic acids is 1. The van der Waals surface area contributed by atoms with E-state index in [1.54, 1.807) is 11.4 Å². The molecule has 3 nitrogen and oxygen atoms in total. The molecule has 0 saturated carbocycles. The van der Waals surface area contributed by atoms with Crippen molar-refractivity contribution >= 4 is 17.6 Å². The van der Waals surface area contributed by atoms with E-state index < -0.39 is 0 Å². The van der Waals surface area contributed by atoms with Crippen molar-refractivity contribution in [2.75, 3.05) is 0 Å². The van der Waals surface area contributed by atoms with E-state index in [1.807, 2.05) is 0 Å². The lowest BCUT2D eigenvalue weighted by molar-refractivity contribution is 0.111. The van der Waals surface area contributed by atoms with Crippen molar-refractivity contribution in [2.24, 2.45) is 0 Å². The predicted octanol–water partition coefficient (Wildman–Crippen LogP) is 0.831. The summed E-state index contributed by atoms with van der Waals surface area (Å²) < 4.78 is 0. The first-order chi connectivity index (χ1) is 5.36. The van der Waals surface area contributed by atoms with Gasteiger partial charge in [-0.1, -0.05) is 0 Å². The second-order valence-corrected chi connectivity index (χ2v) is 2.42. The molecule has 0 aromatic carbocycles. The molecule has 0 aliphatic rings. The van der Waals surface area contributed by atoms with Crippen molar-refractivity contribution in [3.05, 3.63) is 16.1 Å². The molecule has 0 fully saturated rings. The van der Waals surface area contributed by atoms with Crippen molar-refractivity contribution in [3.63, 3.8) is 0 Å². The second kappa shape index (κ2) is 3.50. The molecule has 0 unspecified atom stereocenters. The number of aldehydes is 1. The van der Waals surface area contributed by atoms with Gasteiger partial charge < -0.3 is 0 Å². The molecule has 1 aromatic heterocycles. The smallest absolute Gasteiger partial charge is 0.169 e. The topological polar surface area (TPSA) is 53.8 Å². The van der Waals surface area contributed by atoms with Crippen LogP contribution in [0.5, 0.6) is 0 Å². The maximum atomic E-state index is 10.1. The Balaban J connectivity index is 2.91. The maximum absolute atomic E-state index is 10.1. The van der Waals surface area contributed by atoms with Gasteiger partial charge in [-0.15, -0.1) is 11.3 Å². The summed E-state index contributed by atoms with van der Waals surface area (Å²) in [6.07, 6.45) is 0.647. The first-order valence-corrected chi connectivity index (χ1v) is 3.55. The third-order valence-corrected chi connectivity index (χ3v) is 1.64. The van der Waals surface area contributed by atoms with E-state index in [-0.39, 0.29) is 0 Å². The van der Waals surface area contributed by atoms with Gasteiger partial charge in [0.2, 0.25) is 0 Å². The van der Waals surface area contributed by atoms with Crippen LogP contribution >= 0.6 is 11.3 Å². The molecule has 1 aromatic rings. The molecule has 0 amide bonds. The van der Waals surface area contributed by atoms with Gasteiger partial charge in [0.25, 0.3) is 0 Å². The molecule has 0 aliphatic heterocycles. The van der Waals surface area contributed by atoms with E-state index in [9.17, 15) is 4.79 Å². The Morgan fingerprint density at radius 1 is 1.73 bits per heavy atom. The number of rotatable bonds is 1. The second-order valence-electron chi connectivity index (χ2n) is 1.56. The average Bonchev–Trinajstić information content (AvgIpc) is 2.48. The summed E-state index contributed by atoms with van der Waals surface area (Å²) in [5.41, 5.74) is 0.359. The van der Waals surface area contributed by atoms with E-state index in [2.05, 4.69) is 16.8 Å². The minimum absolute atomic E-state index is 0.359. The number of aromatic nitrogens is 1. The summed E-state index contributed by atoms with van der Waals surface area (Å²) >= 11 is 1.25. The zero-order valence-corrected chi connectivity index (χ0v) is 6.18. The molecular formula is C7H2N2OS. The number of nitriles is 1.